The van der Waals surface area contributed by atoms with Gasteiger partial charge in [-0.15, -0.1) is 6.42 Å². The Morgan fingerprint density at radius 3 is 2.14 bits per heavy atom. The van der Waals surface area contributed by atoms with Crippen molar-refractivity contribution < 1.29 is 9.84 Å². The van der Waals surface area contributed by atoms with Crippen LogP contribution in [-0.2, 0) is 5.60 Å². The molecule has 114 valence electrons. The van der Waals surface area contributed by atoms with Crippen LogP contribution in [0.4, 0.5) is 5.69 Å². The van der Waals surface area contributed by atoms with E-state index in [1.165, 1.54) is 0 Å². The molecule has 2 aromatic rings. The van der Waals surface area contributed by atoms with Gasteiger partial charge in [0.15, 0.2) is 5.60 Å². The molecule has 0 aliphatic heterocycles. The second kappa shape index (κ2) is 6.13. The van der Waals surface area contributed by atoms with E-state index in [-0.39, 0.29) is 0 Å². The van der Waals surface area contributed by atoms with Crippen molar-refractivity contribution in [3.05, 3.63) is 59.2 Å². The second-order valence-corrected chi connectivity index (χ2v) is 5.48. The van der Waals surface area contributed by atoms with Gasteiger partial charge >= 0.3 is 0 Å². The van der Waals surface area contributed by atoms with Gasteiger partial charge in [0.25, 0.3) is 0 Å². The SMILES string of the molecule is C#CC(O)(c1ccc(OC)cc1)c1ccc(N(C)C)c(C)c1. The Morgan fingerprint density at radius 2 is 1.68 bits per heavy atom. The molecule has 1 unspecified atom stereocenters. The third-order valence-electron chi connectivity index (χ3n) is 3.81. The van der Waals surface area contributed by atoms with E-state index < -0.39 is 5.60 Å². The maximum Gasteiger partial charge on any atom is 0.176 e. The maximum atomic E-state index is 11.0. The van der Waals surface area contributed by atoms with Gasteiger partial charge in [-0.3, -0.25) is 0 Å². The number of hydrogen-bond donors (Lipinski definition) is 1. The maximum absolute atomic E-state index is 11.0. The predicted molar refractivity (Wildman–Crippen MR) is 90.3 cm³/mol. The van der Waals surface area contributed by atoms with E-state index in [9.17, 15) is 5.11 Å². The van der Waals surface area contributed by atoms with Crippen LogP contribution in [0.2, 0.25) is 0 Å². The third-order valence-corrected chi connectivity index (χ3v) is 3.81. The summed E-state index contributed by atoms with van der Waals surface area (Å²) in [7, 11) is 5.57. The van der Waals surface area contributed by atoms with Gasteiger partial charge in [-0.25, -0.2) is 0 Å². The lowest BCUT2D eigenvalue weighted by Gasteiger charge is -2.25. The van der Waals surface area contributed by atoms with E-state index in [1.54, 1.807) is 31.4 Å². The van der Waals surface area contributed by atoms with Gasteiger partial charge in [0.05, 0.1) is 7.11 Å². The summed E-state index contributed by atoms with van der Waals surface area (Å²) < 4.78 is 5.14. The first-order valence-electron chi connectivity index (χ1n) is 7.05. The highest BCUT2D eigenvalue weighted by Gasteiger charge is 2.29. The van der Waals surface area contributed by atoms with Crippen molar-refractivity contribution in [1.29, 1.82) is 0 Å². The average molecular weight is 295 g/mol. The molecule has 1 atom stereocenters. The van der Waals surface area contributed by atoms with E-state index in [0.29, 0.717) is 11.1 Å². The summed E-state index contributed by atoms with van der Waals surface area (Å²) in [6.07, 6.45) is 5.65. The third kappa shape index (κ3) is 2.79. The highest BCUT2D eigenvalue weighted by molar-refractivity contribution is 5.56. The van der Waals surface area contributed by atoms with E-state index in [2.05, 4.69) is 5.92 Å². The fraction of sp³-hybridized carbons (Fsp3) is 0.263. The Kier molecular flexibility index (Phi) is 4.44. The summed E-state index contributed by atoms with van der Waals surface area (Å²) in [6, 6.07) is 12.9. The Hall–Kier alpha value is -2.44. The van der Waals surface area contributed by atoms with Crippen LogP contribution in [0.15, 0.2) is 42.5 Å². The molecule has 3 heteroatoms. The van der Waals surface area contributed by atoms with Crippen molar-refractivity contribution >= 4 is 5.69 Å². The molecule has 2 aromatic carbocycles. The monoisotopic (exact) mass is 295 g/mol. The van der Waals surface area contributed by atoms with E-state index >= 15 is 0 Å². The van der Waals surface area contributed by atoms with Crippen molar-refractivity contribution in [1.82, 2.24) is 0 Å². The molecular formula is C19H21NO2. The summed E-state index contributed by atoms with van der Waals surface area (Å²) in [5.41, 5.74) is 2.03. The van der Waals surface area contributed by atoms with Gasteiger partial charge in [-0.05, 0) is 36.8 Å². The van der Waals surface area contributed by atoms with Crippen molar-refractivity contribution in [2.24, 2.45) is 0 Å². The molecule has 0 heterocycles. The molecule has 1 N–H and O–H groups in total. The van der Waals surface area contributed by atoms with Crippen LogP contribution >= 0.6 is 0 Å². The molecule has 0 aromatic heterocycles. The topological polar surface area (TPSA) is 32.7 Å². The van der Waals surface area contributed by atoms with Crippen LogP contribution < -0.4 is 9.64 Å². The summed E-state index contributed by atoms with van der Waals surface area (Å²) >= 11 is 0. The summed E-state index contributed by atoms with van der Waals surface area (Å²) in [5, 5.41) is 11.0. The second-order valence-electron chi connectivity index (χ2n) is 5.48. The fourth-order valence-electron chi connectivity index (χ4n) is 2.55. The molecule has 0 spiro atoms. The van der Waals surface area contributed by atoms with Gasteiger partial charge in [0, 0.05) is 30.9 Å². The number of terminal acetylenes is 1. The zero-order chi connectivity index (χ0) is 16.3. The molecular weight excluding hydrogens is 274 g/mol. The number of ether oxygens (including phenoxy) is 1. The number of aryl methyl sites for hydroxylation is 1. The van der Waals surface area contributed by atoms with E-state index in [1.807, 2.05) is 44.1 Å². The highest BCUT2D eigenvalue weighted by atomic mass is 16.5. The molecule has 0 aliphatic carbocycles. The van der Waals surface area contributed by atoms with Crippen LogP contribution in [0, 0.1) is 19.3 Å². The first-order valence-corrected chi connectivity index (χ1v) is 7.05. The summed E-state index contributed by atoms with van der Waals surface area (Å²) in [5.74, 6) is 3.25. The molecule has 0 amide bonds. The Morgan fingerprint density at radius 1 is 1.09 bits per heavy atom. The van der Waals surface area contributed by atoms with Crippen molar-refractivity contribution in [3.8, 4) is 18.1 Å². The number of nitrogens with zero attached hydrogens (tertiary/aromatic N) is 1. The minimum absolute atomic E-state index is 0.646. The zero-order valence-corrected chi connectivity index (χ0v) is 13.4. The largest absolute Gasteiger partial charge is 0.497 e. The molecule has 0 fully saturated rings. The van der Waals surface area contributed by atoms with Crippen LogP contribution in [0.1, 0.15) is 16.7 Å². The average Bonchev–Trinajstić information content (AvgIpc) is 2.53. The molecule has 0 bridgehead atoms. The van der Waals surface area contributed by atoms with Crippen molar-refractivity contribution in [2.45, 2.75) is 12.5 Å². The fourth-order valence-corrected chi connectivity index (χ4v) is 2.55. The molecule has 22 heavy (non-hydrogen) atoms. The standard InChI is InChI=1S/C19H21NO2/c1-6-19(21,15-7-10-17(22-5)11-8-15)16-9-12-18(20(3)4)14(2)13-16/h1,7-13,21H,2-5H3. The first kappa shape index (κ1) is 15.9. The molecule has 0 saturated heterocycles. The zero-order valence-electron chi connectivity index (χ0n) is 13.4. The number of hydrogen-bond acceptors (Lipinski definition) is 3. The van der Waals surface area contributed by atoms with Crippen molar-refractivity contribution in [3.63, 3.8) is 0 Å². The number of anilines is 1. The number of aliphatic hydroxyl groups is 1. The number of rotatable bonds is 4. The van der Waals surface area contributed by atoms with Gasteiger partial charge in [-0.1, -0.05) is 24.1 Å². The van der Waals surface area contributed by atoms with Crippen LogP contribution in [0.25, 0.3) is 0 Å². The lowest BCUT2D eigenvalue weighted by Crippen LogP contribution is -2.25. The van der Waals surface area contributed by atoms with Crippen LogP contribution in [0.3, 0.4) is 0 Å². The quantitative estimate of drug-likeness (QED) is 0.880. The normalized spacial score (nSPS) is 13.1. The smallest absolute Gasteiger partial charge is 0.176 e. The predicted octanol–water partition coefficient (Wildman–Crippen LogP) is 2.94. The highest BCUT2D eigenvalue weighted by Crippen LogP contribution is 2.32. The van der Waals surface area contributed by atoms with E-state index in [0.717, 1.165) is 17.0 Å². The molecule has 2 rings (SSSR count). The summed E-state index contributed by atoms with van der Waals surface area (Å²) in [6.45, 7) is 2.00. The summed E-state index contributed by atoms with van der Waals surface area (Å²) in [4.78, 5) is 2.03. The van der Waals surface area contributed by atoms with Gasteiger partial charge < -0.3 is 14.7 Å². The molecule has 3 nitrogen and oxygen atoms in total. The first-order chi connectivity index (χ1) is 10.4. The number of methoxy groups -OCH3 is 1. The Bertz CT molecular complexity index is 698. The lowest BCUT2D eigenvalue weighted by molar-refractivity contribution is 0.145. The molecule has 0 aliphatic rings. The molecule has 0 saturated carbocycles. The van der Waals surface area contributed by atoms with E-state index in [4.69, 9.17) is 11.2 Å². The minimum atomic E-state index is -1.46. The van der Waals surface area contributed by atoms with Crippen LogP contribution in [0.5, 0.6) is 5.75 Å². The van der Waals surface area contributed by atoms with Gasteiger partial charge in [0.1, 0.15) is 5.75 Å². The lowest BCUT2D eigenvalue weighted by atomic mass is 9.86. The van der Waals surface area contributed by atoms with Gasteiger partial charge in [-0.2, -0.15) is 0 Å². The minimum Gasteiger partial charge on any atom is -0.497 e. The Labute approximate surface area is 132 Å². The number of benzene rings is 2. The van der Waals surface area contributed by atoms with Crippen molar-refractivity contribution in [2.75, 3.05) is 26.1 Å². The molecule has 0 radical (unpaired) electrons. The van der Waals surface area contributed by atoms with Crippen LogP contribution in [-0.4, -0.2) is 26.3 Å². The van der Waals surface area contributed by atoms with Gasteiger partial charge in [0.2, 0.25) is 0 Å². The Balaban J connectivity index is 2.50.